The molecule has 0 aliphatic heterocycles. The molecule has 1 aliphatic carbocycles. The quantitative estimate of drug-likeness (QED) is 0.654. The Morgan fingerprint density at radius 2 is 2.10 bits per heavy atom. The van der Waals surface area contributed by atoms with Crippen molar-refractivity contribution in [1.82, 2.24) is 0 Å². The second kappa shape index (κ2) is 5.65. The number of esters is 1. The molecular formula is C16H22ClNO2. The predicted octanol–water partition coefficient (Wildman–Crippen LogP) is 4.29. The molecule has 110 valence electrons. The number of para-hydroxylation sites is 1. The Balaban J connectivity index is 2.10. The Hall–Kier alpha value is -1.22. The first-order chi connectivity index (χ1) is 9.28. The molecule has 2 N–H and O–H groups in total. The fraction of sp³-hybridized carbons (Fsp3) is 0.562. The first kappa shape index (κ1) is 15.2. The average Bonchev–Trinajstić information content (AvgIpc) is 2.29. The molecule has 0 aromatic heterocycles. The van der Waals surface area contributed by atoms with Crippen molar-refractivity contribution in [3.8, 4) is 0 Å². The summed E-state index contributed by atoms with van der Waals surface area (Å²) >= 11 is 5.94. The van der Waals surface area contributed by atoms with E-state index in [-0.39, 0.29) is 17.5 Å². The van der Waals surface area contributed by atoms with Crippen LogP contribution in [0.5, 0.6) is 0 Å². The van der Waals surface area contributed by atoms with Crippen LogP contribution in [0.25, 0.3) is 0 Å². The molecule has 20 heavy (non-hydrogen) atoms. The fourth-order valence-corrected chi connectivity index (χ4v) is 3.45. The number of halogens is 1. The molecule has 0 heterocycles. The van der Waals surface area contributed by atoms with Crippen molar-refractivity contribution in [1.29, 1.82) is 0 Å². The van der Waals surface area contributed by atoms with E-state index in [1.807, 2.05) is 0 Å². The van der Waals surface area contributed by atoms with E-state index in [0.717, 1.165) is 12.8 Å². The standard InChI is InChI=1S/C16H22ClNO2/c1-10-7-11(9-16(2,3)8-10)20-15(19)12-5-4-6-13(17)14(12)18/h4-6,10-11H,7-9,18H2,1-3H3. The van der Waals surface area contributed by atoms with Crippen molar-refractivity contribution < 1.29 is 9.53 Å². The van der Waals surface area contributed by atoms with Crippen molar-refractivity contribution in [3.05, 3.63) is 28.8 Å². The molecule has 2 rings (SSSR count). The molecule has 2 unspecified atom stereocenters. The third-order valence-corrected chi connectivity index (χ3v) is 4.22. The van der Waals surface area contributed by atoms with Crippen LogP contribution < -0.4 is 5.73 Å². The van der Waals surface area contributed by atoms with E-state index in [1.165, 1.54) is 6.42 Å². The van der Waals surface area contributed by atoms with Gasteiger partial charge in [-0.15, -0.1) is 0 Å². The minimum atomic E-state index is -0.375. The molecule has 2 atom stereocenters. The zero-order valence-electron chi connectivity index (χ0n) is 12.3. The zero-order valence-corrected chi connectivity index (χ0v) is 13.0. The molecule has 0 saturated heterocycles. The van der Waals surface area contributed by atoms with Gasteiger partial charge in [0.25, 0.3) is 0 Å². The van der Waals surface area contributed by atoms with Gasteiger partial charge in [0.2, 0.25) is 0 Å². The number of rotatable bonds is 2. The van der Waals surface area contributed by atoms with Crippen molar-refractivity contribution in [2.75, 3.05) is 5.73 Å². The average molecular weight is 296 g/mol. The minimum absolute atomic E-state index is 0.0420. The van der Waals surface area contributed by atoms with Crippen LogP contribution in [0.2, 0.25) is 5.02 Å². The van der Waals surface area contributed by atoms with Crippen LogP contribution in [0.1, 0.15) is 50.4 Å². The summed E-state index contributed by atoms with van der Waals surface area (Å²) < 4.78 is 5.64. The summed E-state index contributed by atoms with van der Waals surface area (Å²) in [6.07, 6.45) is 2.93. The number of benzene rings is 1. The highest BCUT2D eigenvalue weighted by molar-refractivity contribution is 6.33. The molecule has 1 aliphatic rings. The first-order valence-electron chi connectivity index (χ1n) is 7.03. The molecular weight excluding hydrogens is 274 g/mol. The maximum Gasteiger partial charge on any atom is 0.340 e. The van der Waals surface area contributed by atoms with Gasteiger partial charge in [0.05, 0.1) is 16.3 Å². The Kier molecular flexibility index (Phi) is 4.28. The lowest BCUT2D eigenvalue weighted by Crippen LogP contribution is -2.34. The number of ether oxygens (including phenoxy) is 1. The number of hydrogen-bond donors (Lipinski definition) is 1. The Labute approximate surface area is 125 Å². The molecule has 4 heteroatoms. The lowest BCUT2D eigenvalue weighted by atomic mass is 9.71. The molecule has 0 spiro atoms. The lowest BCUT2D eigenvalue weighted by Gasteiger charge is -2.38. The molecule has 0 bridgehead atoms. The van der Waals surface area contributed by atoms with Crippen molar-refractivity contribution in [2.45, 2.75) is 46.1 Å². The summed E-state index contributed by atoms with van der Waals surface area (Å²) in [4.78, 5) is 12.2. The van der Waals surface area contributed by atoms with Crippen LogP contribution >= 0.6 is 11.6 Å². The molecule has 0 amide bonds. The number of nitrogens with two attached hydrogens (primary N) is 1. The van der Waals surface area contributed by atoms with Crippen LogP contribution in [-0.4, -0.2) is 12.1 Å². The summed E-state index contributed by atoms with van der Waals surface area (Å²) in [5, 5.41) is 0.386. The van der Waals surface area contributed by atoms with Gasteiger partial charge < -0.3 is 10.5 Å². The van der Waals surface area contributed by atoms with Crippen LogP contribution in [-0.2, 0) is 4.74 Å². The van der Waals surface area contributed by atoms with E-state index in [1.54, 1.807) is 18.2 Å². The van der Waals surface area contributed by atoms with Crippen molar-refractivity contribution in [3.63, 3.8) is 0 Å². The monoisotopic (exact) mass is 295 g/mol. The molecule has 1 saturated carbocycles. The Morgan fingerprint density at radius 3 is 2.75 bits per heavy atom. The lowest BCUT2D eigenvalue weighted by molar-refractivity contribution is -0.00704. The summed E-state index contributed by atoms with van der Waals surface area (Å²) in [5.74, 6) is 0.188. The third kappa shape index (κ3) is 3.45. The SMILES string of the molecule is CC1CC(OC(=O)c2cccc(Cl)c2N)CC(C)(C)C1. The largest absolute Gasteiger partial charge is 0.459 e. The van der Waals surface area contributed by atoms with Crippen LogP contribution in [0, 0.1) is 11.3 Å². The zero-order chi connectivity index (χ0) is 14.9. The molecule has 1 fully saturated rings. The first-order valence-corrected chi connectivity index (χ1v) is 7.41. The molecule has 3 nitrogen and oxygen atoms in total. The van der Waals surface area contributed by atoms with E-state index in [9.17, 15) is 4.79 Å². The van der Waals surface area contributed by atoms with Crippen molar-refractivity contribution >= 4 is 23.3 Å². The number of nitrogen functional groups attached to an aromatic ring is 1. The topological polar surface area (TPSA) is 52.3 Å². The van der Waals surface area contributed by atoms with Gasteiger partial charge in [-0.3, -0.25) is 0 Å². The predicted molar refractivity (Wildman–Crippen MR) is 81.9 cm³/mol. The van der Waals surface area contributed by atoms with Gasteiger partial charge in [-0.1, -0.05) is 38.4 Å². The van der Waals surface area contributed by atoms with Gasteiger partial charge in [0.15, 0.2) is 0 Å². The Bertz CT molecular complexity index is 513. The van der Waals surface area contributed by atoms with Gasteiger partial charge >= 0.3 is 5.97 Å². The van der Waals surface area contributed by atoms with Gasteiger partial charge in [-0.2, -0.15) is 0 Å². The summed E-state index contributed by atoms with van der Waals surface area (Å²) in [5.41, 5.74) is 6.70. The van der Waals surface area contributed by atoms with E-state index in [0.29, 0.717) is 22.2 Å². The second-order valence-electron chi connectivity index (χ2n) is 6.64. The Morgan fingerprint density at radius 1 is 1.40 bits per heavy atom. The number of carbonyl (C=O) groups excluding carboxylic acids is 1. The molecule has 1 aromatic rings. The molecule has 0 radical (unpaired) electrons. The van der Waals surface area contributed by atoms with Gasteiger partial charge in [-0.05, 0) is 42.7 Å². The van der Waals surface area contributed by atoms with E-state index < -0.39 is 0 Å². The number of carbonyl (C=O) groups is 1. The van der Waals surface area contributed by atoms with Crippen LogP contribution in [0.3, 0.4) is 0 Å². The molecule has 1 aromatic carbocycles. The number of anilines is 1. The van der Waals surface area contributed by atoms with E-state index in [4.69, 9.17) is 22.1 Å². The maximum atomic E-state index is 12.2. The van der Waals surface area contributed by atoms with E-state index in [2.05, 4.69) is 20.8 Å². The smallest absolute Gasteiger partial charge is 0.340 e. The van der Waals surface area contributed by atoms with E-state index >= 15 is 0 Å². The highest BCUT2D eigenvalue weighted by Crippen LogP contribution is 2.40. The minimum Gasteiger partial charge on any atom is -0.459 e. The second-order valence-corrected chi connectivity index (χ2v) is 7.05. The summed E-state index contributed by atoms with van der Waals surface area (Å²) in [6, 6.07) is 5.03. The maximum absolute atomic E-state index is 12.2. The summed E-state index contributed by atoms with van der Waals surface area (Å²) in [7, 11) is 0. The highest BCUT2D eigenvalue weighted by atomic mass is 35.5. The normalized spacial score (nSPS) is 25.2. The third-order valence-electron chi connectivity index (χ3n) is 3.89. The van der Waals surface area contributed by atoms with Gasteiger partial charge in [0, 0.05) is 0 Å². The fourth-order valence-electron chi connectivity index (χ4n) is 3.28. The highest BCUT2D eigenvalue weighted by Gasteiger charge is 2.34. The summed E-state index contributed by atoms with van der Waals surface area (Å²) in [6.45, 7) is 6.64. The van der Waals surface area contributed by atoms with Crippen LogP contribution in [0.4, 0.5) is 5.69 Å². The van der Waals surface area contributed by atoms with Crippen LogP contribution in [0.15, 0.2) is 18.2 Å². The number of hydrogen-bond acceptors (Lipinski definition) is 3. The van der Waals surface area contributed by atoms with Crippen molar-refractivity contribution in [2.24, 2.45) is 11.3 Å². The van der Waals surface area contributed by atoms with Gasteiger partial charge in [0.1, 0.15) is 6.10 Å². The van der Waals surface area contributed by atoms with Gasteiger partial charge in [-0.25, -0.2) is 4.79 Å².